The minimum atomic E-state index is -0.350. The van der Waals surface area contributed by atoms with Gasteiger partial charge in [0, 0.05) is 17.9 Å². The second-order valence-corrected chi connectivity index (χ2v) is 4.83. The van der Waals surface area contributed by atoms with Crippen molar-refractivity contribution in [2.75, 3.05) is 18.5 Å². The zero-order chi connectivity index (χ0) is 14.4. The normalized spacial score (nSPS) is 18.0. The Balaban J connectivity index is 2.07. The summed E-state index contributed by atoms with van der Waals surface area (Å²) >= 11 is 0. The lowest BCUT2D eigenvalue weighted by molar-refractivity contribution is -0.129. The summed E-state index contributed by atoms with van der Waals surface area (Å²) in [6.07, 6.45) is 2.47. The number of carbonyl (C=O) groups excluding carboxylic acids is 1. The van der Waals surface area contributed by atoms with Crippen molar-refractivity contribution >= 4 is 11.6 Å². The fourth-order valence-electron chi connectivity index (χ4n) is 2.14. The molecule has 0 radical (unpaired) electrons. The van der Waals surface area contributed by atoms with Crippen molar-refractivity contribution in [2.24, 2.45) is 0 Å². The van der Waals surface area contributed by atoms with Gasteiger partial charge in [0.1, 0.15) is 12.7 Å². The van der Waals surface area contributed by atoms with Gasteiger partial charge >= 0.3 is 0 Å². The van der Waals surface area contributed by atoms with Crippen molar-refractivity contribution in [3.8, 4) is 11.8 Å². The Labute approximate surface area is 119 Å². The molecule has 1 atom stereocenters. The maximum Gasteiger partial charge on any atom is 0.253 e. The van der Waals surface area contributed by atoms with E-state index in [1.807, 2.05) is 25.1 Å². The molecule has 1 aliphatic heterocycles. The number of benzene rings is 1. The van der Waals surface area contributed by atoms with Crippen molar-refractivity contribution in [3.63, 3.8) is 0 Å². The van der Waals surface area contributed by atoms with Crippen LogP contribution in [0.5, 0.6) is 0 Å². The smallest absolute Gasteiger partial charge is 0.253 e. The standard InChI is InChI=1S/C16H19NO3/c1-12-7-8-14(11-13(12)5-4-9-18)17-16(19)15-6-2-3-10-20-15/h7-8,11,15,18H,2-3,6,9-10H2,1H3,(H,17,19). The zero-order valence-electron chi connectivity index (χ0n) is 11.6. The molecule has 0 aliphatic carbocycles. The molecule has 1 aliphatic rings. The fourth-order valence-corrected chi connectivity index (χ4v) is 2.14. The molecular formula is C16H19NO3. The molecule has 0 aromatic heterocycles. The number of aliphatic hydroxyl groups excluding tert-OH is 1. The second kappa shape index (κ2) is 7.09. The number of nitrogens with one attached hydrogen (secondary N) is 1. The molecule has 1 unspecified atom stereocenters. The topological polar surface area (TPSA) is 58.6 Å². The summed E-state index contributed by atoms with van der Waals surface area (Å²) in [7, 11) is 0. The van der Waals surface area contributed by atoms with Gasteiger partial charge in [0.15, 0.2) is 0 Å². The Morgan fingerprint density at radius 3 is 3.05 bits per heavy atom. The van der Waals surface area contributed by atoms with Crippen molar-refractivity contribution < 1.29 is 14.6 Å². The maximum atomic E-state index is 12.1. The lowest BCUT2D eigenvalue weighted by atomic mass is 10.1. The monoisotopic (exact) mass is 273 g/mol. The third kappa shape index (κ3) is 3.83. The molecule has 0 spiro atoms. The van der Waals surface area contributed by atoms with Gasteiger partial charge in [0.2, 0.25) is 0 Å². The number of ether oxygens (including phenoxy) is 1. The van der Waals surface area contributed by atoms with Crippen molar-refractivity contribution in [2.45, 2.75) is 32.3 Å². The first-order valence-corrected chi connectivity index (χ1v) is 6.83. The highest BCUT2D eigenvalue weighted by Crippen LogP contribution is 2.18. The van der Waals surface area contributed by atoms with E-state index in [1.165, 1.54) is 0 Å². The van der Waals surface area contributed by atoms with E-state index in [0.29, 0.717) is 12.3 Å². The van der Waals surface area contributed by atoms with Gasteiger partial charge in [-0.2, -0.15) is 0 Å². The molecule has 1 heterocycles. The predicted molar refractivity (Wildman–Crippen MR) is 77.4 cm³/mol. The van der Waals surface area contributed by atoms with Gasteiger partial charge in [0.05, 0.1) is 0 Å². The maximum absolute atomic E-state index is 12.1. The van der Waals surface area contributed by atoms with Crippen LogP contribution in [0, 0.1) is 18.8 Å². The largest absolute Gasteiger partial charge is 0.384 e. The molecule has 2 rings (SSSR count). The van der Waals surface area contributed by atoms with Crippen LogP contribution in [0.3, 0.4) is 0 Å². The molecule has 1 saturated heterocycles. The number of rotatable bonds is 2. The summed E-state index contributed by atoms with van der Waals surface area (Å²) in [5, 5.41) is 11.6. The zero-order valence-corrected chi connectivity index (χ0v) is 11.6. The molecule has 0 saturated carbocycles. The molecular weight excluding hydrogens is 254 g/mol. The Hall–Kier alpha value is -1.83. The third-order valence-corrected chi connectivity index (χ3v) is 3.28. The second-order valence-electron chi connectivity index (χ2n) is 4.83. The van der Waals surface area contributed by atoms with E-state index in [9.17, 15) is 4.79 Å². The summed E-state index contributed by atoms with van der Waals surface area (Å²) < 4.78 is 5.46. The summed E-state index contributed by atoms with van der Waals surface area (Å²) in [6, 6.07) is 5.57. The van der Waals surface area contributed by atoms with Gasteiger partial charge in [-0.25, -0.2) is 0 Å². The van der Waals surface area contributed by atoms with Gasteiger partial charge in [-0.1, -0.05) is 17.9 Å². The van der Waals surface area contributed by atoms with Crippen molar-refractivity contribution in [1.29, 1.82) is 0 Å². The number of carbonyl (C=O) groups is 1. The molecule has 2 N–H and O–H groups in total. The summed E-state index contributed by atoms with van der Waals surface area (Å²) in [5.74, 6) is 5.39. The van der Waals surface area contributed by atoms with Gasteiger partial charge in [-0.15, -0.1) is 0 Å². The minimum absolute atomic E-state index is 0.102. The predicted octanol–water partition coefficient (Wildman–Crippen LogP) is 1.85. The van der Waals surface area contributed by atoms with E-state index in [2.05, 4.69) is 17.2 Å². The van der Waals surface area contributed by atoms with E-state index in [0.717, 1.165) is 30.4 Å². The van der Waals surface area contributed by atoms with Gasteiger partial charge in [-0.05, 0) is 43.9 Å². The first-order valence-electron chi connectivity index (χ1n) is 6.83. The Kier molecular flexibility index (Phi) is 5.16. The highest BCUT2D eigenvalue weighted by molar-refractivity contribution is 5.94. The Bertz CT molecular complexity index is 536. The van der Waals surface area contributed by atoms with Crippen LogP contribution in [0.2, 0.25) is 0 Å². The summed E-state index contributed by atoms with van der Waals surface area (Å²) in [5.41, 5.74) is 2.52. The van der Waals surface area contributed by atoms with Gasteiger partial charge in [-0.3, -0.25) is 4.79 Å². The molecule has 1 amide bonds. The van der Waals surface area contributed by atoms with Crippen LogP contribution in [-0.4, -0.2) is 30.3 Å². The molecule has 1 aromatic carbocycles. The Morgan fingerprint density at radius 2 is 2.35 bits per heavy atom. The highest BCUT2D eigenvalue weighted by atomic mass is 16.5. The van der Waals surface area contributed by atoms with E-state index < -0.39 is 0 Å². The molecule has 1 aromatic rings. The van der Waals surface area contributed by atoms with Crippen LogP contribution in [0.15, 0.2) is 18.2 Å². The minimum Gasteiger partial charge on any atom is -0.384 e. The quantitative estimate of drug-likeness (QED) is 0.808. The number of anilines is 1. The van der Waals surface area contributed by atoms with Crippen LogP contribution >= 0.6 is 0 Å². The molecule has 1 fully saturated rings. The van der Waals surface area contributed by atoms with E-state index in [1.54, 1.807) is 0 Å². The lowest BCUT2D eigenvalue weighted by Gasteiger charge is -2.21. The molecule has 106 valence electrons. The number of hydrogen-bond acceptors (Lipinski definition) is 3. The molecule has 0 bridgehead atoms. The SMILES string of the molecule is Cc1ccc(NC(=O)C2CCCCO2)cc1C#CCO. The van der Waals surface area contributed by atoms with Gasteiger partial charge < -0.3 is 15.2 Å². The first kappa shape index (κ1) is 14.6. The molecule has 4 nitrogen and oxygen atoms in total. The number of aryl methyl sites for hydroxylation is 1. The van der Waals surface area contributed by atoms with Crippen LogP contribution in [0.4, 0.5) is 5.69 Å². The van der Waals surface area contributed by atoms with Crippen molar-refractivity contribution in [3.05, 3.63) is 29.3 Å². The number of hydrogen-bond donors (Lipinski definition) is 2. The number of amides is 1. The molecule has 20 heavy (non-hydrogen) atoms. The van der Waals surface area contributed by atoms with Crippen LogP contribution in [-0.2, 0) is 9.53 Å². The van der Waals surface area contributed by atoms with Crippen LogP contribution in [0.1, 0.15) is 30.4 Å². The summed E-state index contributed by atoms with van der Waals surface area (Å²) in [4.78, 5) is 12.1. The van der Waals surface area contributed by atoms with E-state index in [4.69, 9.17) is 9.84 Å². The lowest BCUT2D eigenvalue weighted by Crippen LogP contribution is -2.33. The summed E-state index contributed by atoms with van der Waals surface area (Å²) in [6.45, 7) is 2.42. The first-order chi connectivity index (χ1) is 9.70. The van der Waals surface area contributed by atoms with E-state index in [-0.39, 0.29) is 18.6 Å². The van der Waals surface area contributed by atoms with E-state index >= 15 is 0 Å². The van der Waals surface area contributed by atoms with Crippen molar-refractivity contribution in [1.82, 2.24) is 0 Å². The third-order valence-electron chi connectivity index (χ3n) is 3.28. The molecule has 4 heteroatoms. The van der Waals surface area contributed by atoms with Crippen LogP contribution in [0.25, 0.3) is 0 Å². The van der Waals surface area contributed by atoms with Gasteiger partial charge in [0.25, 0.3) is 5.91 Å². The average Bonchev–Trinajstić information content (AvgIpc) is 2.48. The Morgan fingerprint density at radius 1 is 1.50 bits per heavy atom. The number of aliphatic hydroxyl groups is 1. The highest BCUT2D eigenvalue weighted by Gasteiger charge is 2.21. The van der Waals surface area contributed by atoms with Crippen LogP contribution < -0.4 is 5.32 Å². The average molecular weight is 273 g/mol. The fraction of sp³-hybridized carbons (Fsp3) is 0.438.